The van der Waals surface area contributed by atoms with Crippen LogP contribution in [0, 0.1) is 10.1 Å². The summed E-state index contributed by atoms with van der Waals surface area (Å²) in [6, 6.07) is 4.57. The zero-order valence-corrected chi connectivity index (χ0v) is 8.75. The molecular weight excluding hydrogens is 202 g/mol. The second-order valence-electron chi connectivity index (χ2n) is 3.14. The van der Waals surface area contributed by atoms with Crippen LogP contribution in [0.25, 0.3) is 0 Å². The quantitative estimate of drug-likeness (QED) is 0.567. The van der Waals surface area contributed by atoms with Gasteiger partial charge < -0.3 is 0 Å². The van der Waals surface area contributed by atoms with Crippen molar-refractivity contribution in [1.82, 2.24) is 0 Å². The van der Waals surface area contributed by atoms with Crippen molar-refractivity contribution in [2.75, 3.05) is 0 Å². The predicted octanol–water partition coefficient (Wildman–Crippen LogP) is 3.59. The third kappa shape index (κ3) is 2.70. The fourth-order valence-electron chi connectivity index (χ4n) is 1.23. The molecule has 0 aliphatic heterocycles. The van der Waals surface area contributed by atoms with Crippen LogP contribution < -0.4 is 0 Å². The zero-order chi connectivity index (χ0) is 10.6. The van der Waals surface area contributed by atoms with Gasteiger partial charge in [-0.25, -0.2) is 0 Å². The van der Waals surface area contributed by atoms with Crippen LogP contribution in [0.3, 0.4) is 0 Å². The number of aryl methyl sites for hydroxylation is 1. The maximum absolute atomic E-state index is 10.5. The molecule has 0 unspecified atom stereocenters. The molecule has 1 rings (SSSR count). The highest BCUT2D eigenvalue weighted by Crippen LogP contribution is 2.23. The minimum absolute atomic E-state index is 0.112. The minimum Gasteiger partial charge on any atom is -0.258 e. The Hall–Kier alpha value is -1.09. The highest BCUT2D eigenvalue weighted by atomic mass is 35.5. The van der Waals surface area contributed by atoms with Gasteiger partial charge in [-0.1, -0.05) is 24.9 Å². The van der Waals surface area contributed by atoms with E-state index in [-0.39, 0.29) is 5.69 Å². The normalized spacial score (nSPS) is 10.1. The second-order valence-corrected chi connectivity index (χ2v) is 3.54. The molecule has 3 nitrogen and oxygen atoms in total. The molecule has 76 valence electrons. The minimum atomic E-state index is -0.397. The maximum atomic E-state index is 10.5. The lowest BCUT2D eigenvalue weighted by Gasteiger charge is -2.02. The average molecular weight is 214 g/mol. The molecule has 0 saturated heterocycles. The SMILES string of the molecule is CCCCc1cc([N+](=O)[O-])ccc1Cl. The van der Waals surface area contributed by atoms with Crippen molar-refractivity contribution in [3.63, 3.8) is 0 Å². The highest BCUT2D eigenvalue weighted by molar-refractivity contribution is 6.31. The van der Waals surface area contributed by atoms with Crippen molar-refractivity contribution in [3.05, 3.63) is 38.9 Å². The Bertz CT molecular complexity index is 339. The Labute approximate surface area is 87.8 Å². The van der Waals surface area contributed by atoms with Crippen LogP contribution in [0.15, 0.2) is 18.2 Å². The summed E-state index contributed by atoms with van der Waals surface area (Å²) in [5.74, 6) is 0. The third-order valence-corrected chi connectivity index (χ3v) is 2.41. The summed E-state index contributed by atoms with van der Waals surface area (Å²) >= 11 is 5.91. The molecule has 0 aromatic heterocycles. The first-order valence-corrected chi connectivity index (χ1v) is 4.95. The highest BCUT2D eigenvalue weighted by Gasteiger charge is 2.08. The number of benzene rings is 1. The van der Waals surface area contributed by atoms with Crippen molar-refractivity contribution in [2.45, 2.75) is 26.2 Å². The molecule has 14 heavy (non-hydrogen) atoms. The summed E-state index contributed by atoms with van der Waals surface area (Å²) in [6.07, 6.45) is 2.86. The zero-order valence-electron chi connectivity index (χ0n) is 8.00. The molecule has 0 saturated carbocycles. The number of hydrogen-bond donors (Lipinski definition) is 0. The van der Waals surface area contributed by atoms with Gasteiger partial charge in [-0.15, -0.1) is 0 Å². The molecule has 0 heterocycles. The van der Waals surface area contributed by atoms with Crippen LogP contribution in [-0.4, -0.2) is 4.92 Å². The number of non-ortho nitro benzene ring substituents is 1. The van der Waals surface area contributed by atoms with E-state index in [4.69, 9.17) is 11.6 Å². The van der Waals surface area contributed by atoms with Gasteiger partial charge in [-0.3, -0.25) is 10.1 Å². The molecule has 0 N–H and O–H groups in total. The smallest absolute Gasteiger partial charge is 0.258 e. The first-order chi connectivity index (χ1) is 6.65. The summed E-state index contributed by atoms with van der Waals surface area (Å²) in [6.45, 7) is 2.07. The van der Waals surface area contributed by atoms with E-state index in [1.54, 1.807) is 12.1 Å². The van der Waals surface area contributed by atoms with Crippen molar-refractivity contribution in [3.8, 4) is 0 Å². The first kappa shape index (κ1) is 11.0. The molecule has 0 radical (unpaired) electrons. The number of hydrogen-bond acceptors (Lipinski definition) is 2. The lowest BCUT2D eigenvalue weighted by atomic mass is 10.1. The lowest BCUT2D eigenvalue weighted by Crippen LogP contribution is -1.92. The van der Waals surface area contributed by atoms with E-state index >= 15 is 0 Å². The van der Waals surface area contributed by atoms with Gasteiger partial charge in [0.05, 0.1) is 4.92 Å². The fraction of sp³-hybridized carbons (Fsp3) is 0.400. The molecule has 0 amide bonds. The summed E-state index contributed by atoms with van der Waals surface area (Å²) in [4.78, 5) is 10.1. The third-order valence-electron chi connectivity index (χ3n) is 2.04. The summed E-state index contributed by atoms with van der Waals surface area (Å²) in [5, 5.41) is 11.1. The summed E-state index contributed by atoms with van der Waals surface area (Å²) < 4.78 is 0. The Kier molecular flexibility index (Phi) is 3.89. The molecule has 1 aromatic carbocycles. The van der Waals surface area contributed by atoms with E-state index in [9.17, 15) is 10.1 Å². The lowest BCUT2D eigenvalue weighted by molar-refractivity contribution is -0.384. The number of unbranched alkanes of at least 4 members (excludes halogenated alkanes) is 1. The van der Waals surface area contributed by atoms with Gasteiger partial charge in [0.2, 0.25) is 0 Å². The van der Waals surface area contributed by atoms with E-state index in [2.05, 4.69) is 6.92 Å². The van der Waals surface area contributed by atoms with E-state index in [0.717, 1.165) is 24.8 Å². The molecule has 0 atom stereocenters. The van der Waals surface area contributed by atoms with Gasteiger partial charge in [0.15, 0.2) is 0 Å². The molecule has 0 fully saturated rings. The van der Waals surface area contributed by atoms with E-state index in [0.29, 0.717) is 5.02 Å². The Morgan fingerprint density at radius 3 is 2.79 bits per heavy atom. The van der Waals surface area contributed by atoms with Crippen LogP contribution in [0.1, 0.15) is 25.3 Å². The van der Waals surface area contributed by atoms with Crippen LogP contribution in [-0.2, 0) is 6.42 Å². The van der Waals surface area contributed by atoms with Gasteiger partial charge in [0.1, 0.15) is 0 Å². The van der Waals surface area contributed by atoms with E-state index < -0.39 is 4.92 Å². The molecule has 0 bridgehead atoms. The van der Waals surface area contributed by atoms with Gasteiger partial charge in [0.25, 0.3) is 5.69 Å². The summed E-state index contributed by atoms with van der Waals surface area (Å²) in [5.41, 5.74) is 0.975. The van der Waals surface area contributed by atoms with Crippen molar-refractivity contribution >= 4 is 17.3 Å². The fourth-order valence-corrected chi connectivity index (χ4v) is 1.45. The van der Waals surface area contributed by atoms with Gasteiger partial charge in [-0.05, 0) is 24.5 Å². The van der Waals surface area contributed by atoms with Crippen LogP contribution in [0.5, 0.6) is 0 Å². The standard InChI is InChI=1S/C10H12ClNO2/c1-2-3-4-8-7-9(12(13)14)5-6-10(8)11/h5-7H,2-4H2,1H3. The Balaban J connectivity index is 2.90. The van der Waals surface area contributed by atoms with Gasteiger partial charge in [0, 0.05) is 17.2 Å². The molecule has 0 aliphatic rings. The molecule has 0 spiro atoms. The Morgan fingerprint density at radius 1 is 1.50 bits per heavy atom. The van der Waals surface area contributed by atoms with E-state index in [1.165, 1.54) is 6.07 Å². The molecule has 1 aromatic rings. The van der Waals surface area contributed by atoms with Crippen molar-refractivity contribution in [1.29, 1.82) is 0 Å². The number of nitro groups is 1. The second kappa shape index (κ2) is 4.96. The van der Waals surface area contributed by atoms with Gasteiger partial charge >= 0.3 is 0 Å². The van der Waals surface area contributed by atoms with Crippen LogP contribution in [0.2, 0.25) is 5.02 Å². The number of halogens is 1. The average Bonchev–Trinajstić information content (AvgIpc) is 2.16. The topological polar surface area (TPSA) is 43.1 Å². The monoisotopic (exact) mass is 213 g/mol. The number of rotatable bonds is 4. The largest absolute Gasteiger partial charge is 0.269 e. The predicted molar refractivity (Wildman–Crippen MR) is 56.7 cm³/mol. The van der Waals surface area contributed by atoms with Crippen LogP contribution in [0.4, 0.5) is 5.69 Å². The Morgan fingerprint density at radius 2 is 2.21 bits per heavy atom. The van der Waals surface area contributed by atoms with E-state index in [1.807, 2.05) is 0 Å². The van der Waals surface area contributed by atoms with Crippen molar-refractivity contribution in [2.24, 2.45) is 0 Å². The molecular formula is C10H12ClNO2. The van der Waals surface area contributed by atoms with Crippen LogP contribution >= 0.6 is 11.6 Å². The molecule has 4 heteroatoms. The van der Waals surface area contributed by atoms with Gasteiger partial charge in [-0.2, -0.15) is 0 Å². The number of nitro benzene ring substituents is 1. The first-order valence-electron chi connectivity index (χ1n) is 4.58. The summed E-state index contributed by atoms with van der Waals surface area (Å²) in [7, 11) is 0. The maximum Gasteiger partial charge on any atom is 0.269 e. The van der Waals surface area contributed by atoms with Crippen molar-refractivity contribution < 1.29 is 4.92 Å². The molecule has 0 aliphatic carbocycles. The number of nitrogens with zero attached hydrogens (tertiary/aromatic N) is 1.